The van der Waals surface area contributed by atoms with Crippen molar-refractivity contribution in [3.63, 3.8) is 0 Å². The fourth-order valence-corrected chi connectivity index (χ4v) is 5.48. The van der Waals surface area contributed by atoms with E-state index in [2.05, 4.69) is 31.4 Å². The second kappa shape index (κ2) is 9.10. The first-order valence-corrected chi connectivity index (χ1v) is 11.2. The number of benzene rings is 1. The molecule has 0 bridgehead atoms. The third-order valence-corrected chi connectivity index (χ3v) is 6.54. The van der Waals surface area contributed by atoms with E-state index < -0.39 is 11.6 Å². The molecule has 1 spiro atoms. The molecule has 0 aromatic heterocycles. The van der Waals surface area contributed by atoms with Gasteiger partial charge in [0, 0.05) is 6.54 Å². The van der Waals surface area contributed by atoms with Crippen LogP contribution in [0.3, 0.4) is 0 Å². The Bertz CT molecular complexity index is 867. The molecule has 4 amide bonds. The highest BCUT2D eigenvalue weighted by Crippen LogP contribution is 2.46. The summed E-state index contributed by atoms with van der Waals surface area (Å²) in [5, 5.41) is 5.81. The van der Waals surface area contributed by atoms with Crippen LogP contribution < -0.4 is 15.4 Å². The normalized spacial score (nSPS) is 25.7. The molecule has 176 valence electrons. The molecule has 2 fully saturated rings. The van der Waals surface area contributed by atoms with E-state index in [-0.39, 0.29) is 29.8 Å². The highest BCUT2D eigenvalue weighted by Gasteiger charge is 2.56. The first kappa shape index (κ1) is 24.0. The number of likely N-dealkylation sites (N-methyl/N-ethyl adjacent to an activating group) is 1. The fourth-order valence-electron chi connectivity index (χ4n) is 5.48. The van der Waals surface area contributed by atoms with Gasteiger partial charge < -0.3 is 20.3 Å². The summed E-state index contributed by atoms with van der Waals surface area (Å²) in [7, 11) is 5.50. The largest absolute Gasteiger partial charge is 0.497 e. The molecule has 2 N–H and O–H groups in total. The standard InChI is InChI=1S/C24H36N4O4/c1-16-11-23(2,3)15-24(12-16)21(30)28(22(31)26-24)14-20(29)25-13-19(27(4)5)17-7-9-18(32-6)10-8-17/h7-10,16,19H,11-15H2,1-6H3,(H,25,29)(H,26,31). The predicted molar refractivity (Wildman–Crippen MR) is 122 cm³/mol. The second-order valence-electron chi connectivity index (χ2n) is 10.3. The third kappa shape index (κ3) is 5.06. The summed E-state index contributed by atoms with van der Waals surface area (Å²) in [5.74, 6) is 0.454. The van der Waals surface area contributed by atoms with Gasteiger partial charge in [-0.2, -0.15) is 0 Å². The molecule has 3 rings (SSSR count). The highest BCUT2D eigenvalue weighted by molar-refractivity contribution is 6.09. The SMILES string of the molecule is COc1ccc(C(CNC(=O)CN2C(=O)NC3(CC(C)CC(C)(C)C3)C2=O)N(C)C)cc1. The smallest absolute Gasteiger partial charge is 0.325 e. The Morgan fingerprint density at radius 1 is 1.25 bits per heavy atom. The lowest BCUT2D eigenvalue weighted by atomic mass is 9.64. The van der Waals surface area contributed by atoms with Crippen LogP contribution in [0, 0.1) is 11.3 Å². The number of carbonyl (C=O) groups is 3. The highest BCUT2D eigenvalue weighted by atomic mass is 16.5. The topological polar surface area (TPSA) is 91.0 Å². The van der Waals surface area contributed by atoms with E-state index in [1.54, 1.807) is 7.11 Å². The van der Waals surface area contributed by atoms with Gasteiger partial charge in [0.05, 0.1) is 13.2 Å². The Labute approximate surface area is 190 Å². The van der Waals surface area contributed by atoms with Crippen LogP contribution in [0.15, 0.2) is 24.3 Å². The van der Waals surface area contributed by atoms with Gasteiger partial charge in [-0.3, -0.25) is 14.5 Å². The number of rotatable bonds is 7. The molecule has 2 aliphatic rings. The second-order valence-corrected chi connectivity index (χ2v) is 10.3. The first-order chi connectivity index (χ1) is 15.0. The van der Waals surface area contributed by atoms with Gasteiger partial charge in [-0.1, -0.05) is 32.9 Å². The van der Waals surface area contributed by atoms with Gasteiger partial charge in [-0.25, -0.2) is 4.79 Å². The van der Waals surface area contributed by atoms with Gasteiger partial charge in [0.2, 0.25) is 5.91 Å². The van der Waals surface area contributed by atoms with Crippen molar-refractivity contribution in [2.45, 2.75) is 51.6 Å². The summed E-state index contributed by atoms with van der Waals surface area (Å²) in [6, 6.07) is 7.15. The number of nitrogens with one attached hydrogen (secondary N) is 2. The molecule has 1 aliphatic carbocycles. The van der Waals surface area contributed by atoms with Crippen LogP contribution in [0.5, 0.6) is 5.75 Å². The summed E-state index contributed by atoms with van der Waals surface area (Å²) in [6.45, 7) is 6.44. The van der Waals surface area contributed by atoms with Crippen molar-refractivity contribution in [1.82, 2.24) is 20.4 Å². The monoisotopic (exact) mass is 444 g/mol. The molecule has 1 aromatic rings. The number of carbonyl (C=O) groups excluding carboxylic acids is 3. The van der Waals surface area contributed by atoms with Gasteiger partial charge in [0.15, 0.2) is 0 Å². The molecule has 3 atom stereocenters. The van der Waals surface area contributed by atoms with E-state index in [0.717, 1.165) is 22.6 Å². The van der Waals surface area contributed by atoms with Crippen molar-refractivity contribution in [2.75, 3.05) is 34.3 Å². The lowest BCUT2D eigenvalue weighted by Crippen LogP contribution is -2.54. The van der Waals surface area contributed by atoms with Gasteiger partial charge in [0.1, 0.15) is 17.8 Å². The van der Waals surface area contributed by atoms with Gasteiger partial charge in [-0.05, 0) is 62.4 Å². The van der Waals surface area contributed by atoms with Crippen molar-refractivity contribution in [1.29, 1.82) is 0 Å². The summed E-state index contributed by atoms with van der Waals surface area (Å²) >= 11 is 0. The molecule has 32 heavy (non-hydrogen) atoms. The van der Waals surface area contributed by atoms with Gasteiger partial charge in [0.25, 0.3) is 5.91 Å². The minimum absolute atomic E-state index is 0.0455. The van der Waals surface area contributed by atoms with E-state index in [4.69, 9.17) is 4.74 Å². The number of urea groups is 1. The molecule has 8 nitrogen and oxygen atoms in total. The number of methoxy groups -OCH3 is 1. The molecule has 1 saturated heterocycles. The molecular formula is C24H36N4O4. The minimum atomic E-state index is -0.895. The number of amides is 4. The summed E-state index contributed by atoms with van der Waals surface area (Å²) in [4.78, 5) is 41.6. The van der Waals surface area contributed by atoms with Gasteiger partial charge in [-0.15, -0.1) is 0 Å². The summed E-state index contributed by atoms with van der Waals surface area (Å²) < 4.78 is 5.21. The Kier molecular flexibility index (Phi) is 6.83. The van der Waals surface area contributed by atoms with E-state index >= 15 is 0 Å². The zero-order valence-electron chi connectivity index (χ0n) is 20.0. The number of hydrogen-bond acceptors (Lipinski definition) is 5. The molecule has 1 heterocycles. The van der Waals surface area contributed by atoms with E-state index in [1.165, 1.54) is 0 Å². The molecule has 1 aliphatic heterocycles. The van der Waals surface area contributed by atoms with E-state index in [0.29, 0.717) is 25.3 Å². The summed E-state index contributed by atoms with van der Waals surface area (Å²) in [5.41, 5.74) is 0.0905. The Balaban J connectivity index is 1.63. The average Bonchev–Trinajstić information content (AvgIpc) is 2.90. The zero-order valence-corrected chi connectivity index (χ0v) is 20.0. The predicted octanol–water partition coefficient (Wildman–Crippen LogP) is 2.55. The summed E-state index contributed by atoms with van der Waals surface area (Å²) in [6.07, 6.45) is 2.21. The average molecular weight is 445 g/mol. The maximum atomic E-state index is 13.2. The van der Waals surface area contributed by atoms with E-state index in [1.807, 2.05) is 43.3 Å². The lowest BCUT2D eigenvalue weighted by molar-refractivity contribution is -0.137. The van der Waals surface area contributed by atoms with Crippen LogP contribution in [0.2, 0.25) is 0 Å². The lowest BCUT2D eigenvalue weighted by Gasteiger charge is -2.43. The Morgan fingerprint density at radius 3 is 2.47 bits per heavy atom. The van der Waals surface area contributed by atoms with Crippen LogP contribution >= 0.6 is 0 Å². The van der Waals surface area contributed by atoms with Crippen molar-refractivity contribution in [3.8, 4) is 5.75 Å². The van der Waals surface area contributed by atoms with Crippen molar-refractivity contribution < 1.29 is 19.1 Å². The number of nitrogens with zero attached hydrogens (tertiary/aromatic N) is 2. The number of ether oxygens (including phenoxy) is 1. The quantitative estimate of drug-likeness (QED) is 0.631. The van der Waals surface area contributed by atoms with Crippen molar-refractivity contribution in [3.05, 3.63) is 29.8 Å². The Hall–Kier alpha value is -2.61. The first-order valence-electron chi connectivity index (χ1n) is 11.2. The molecule has 8 heteroatoms. The maximum absolute atomic E-state index is 13.2. The minimum Gasteiger partial charge on any atom is -0.497 e. The molecule has 1 aromatic carbocycles. The van der Waals surface area contributed by atoms with Crippen molar-refractivity contribution >= 4 is 17.8 Å². The zero-order chi connectivity index (χ0) is 23.7. The van der Waals surface area contributed by atoms with Crippen LogP contribution in [-0.2, 0) is 9.59 Å². The van der Waals surface area contributed by atoms with Crippen LogP contribution in [-0.4, -0.2) is 67.5 Å². The Morgan fingerprint density at radius 2 is 1.91 bits per heavy atom. The van der Waals surface area contributed by atoms with E-state index in [9.17, 15) is 14.4 Å². The number of hydrogen-bond donors (Lipinski definition) is 2. The van der Waals surface area contributed by atoms with Gasteiger partial charge >= 0.3 is 6.03 Å². The molecule has 3 unspecified atom stereocenters. The third-order valence-electron chi connectivity index (χ3n) is 6.54. The molecular weight excluding hydrogens is 408 g/mol. The number of imide groups is 1. The van der Waals surface area contributed by atoms with Crippen LogP contribution in [0.4, 0.5) is 4.79 Å². The molecule has 1 saturated carbocycles. The fraction of sp³-hybridized carbons (Fsp3) is 0.625. The maximum Gasteiger partial charge on any atom is 0.325 e. The van der Waals surface area contributed by atoms with Crippen molar-refractivity contribution in [2.24, 2.45) is 11.3 Å². The van der Waals surface area contributed by atoms with Crippen LogP contribution in [0.25, 0.3) is 0 Å². The van der Waals surface area contributed by atoms with Crippen LogP contribution in [0.1, 0.15) is 51.6 Å². The molecule has 0 radical (unpaired) electrons.